The van der Waals surface area contributed by atoms with E-state index in [1.54, 1.807) is 19.9 Å². The molecule has 1 aliphatic heterocycles. The van der Waals surface area contributed by atoms with Gasteiger partial charge >= 0.3 is 0 Å². The first-order valence-corrected chi connectivity index (χ1v) is 14.5. The molecular formula is C38H52O6. The van der Waals surface area contributed by atoms with Crippen LogP contribution in [0.2, 0.25) is 0 Å². The van der Waals surface area contributed by atoms with Gasteiger partial charge in [-0.05, 0) is 56.4 Å². The van der Waals surface area contributed by atoms with E-state index in [1.807, 2.05) is 110 Å². The summed E-state index contributed by atoms with van der Waals surface area (Å²) in [5.41, 5.74) is 4.53. The van der Waals surface area contributed by atoms with Crippen LogP contribution in [0.3, 0.4) is 0 Å². The van der Waals surface area contributed by atoms with Gasteiger partial charge in [-0.1, -0.05) is 147 Å². The third kappa shape index (κ3) is 25.5. The van der Waals surface area contributed by atoms with Gasteiger partial charge in [-0.3, -0.25) is 5.26 Å². The van der Waals surface area contributed by atoms with Gasteiger partial charge in [-0.15, -0.1) is 6.58 Å². The van der Waals surface area contributed by atoms with E-state index in [2.05, 4.69) is 56.2 Å². The Morgan fingerprint density at radius 2 is 1.16 bits per heavy atom. The number of aryl methyl sites for hydroxylation is 1. The minimum absolute atomic E-state index is 0. The molecule has 0 aliphatic carbocycles. The Bertz CT molecular complexity index is 1160. The first-order chi connectivity index (χ1) is 21.3. The maximum atomic E-state index is 9.02. The van der Waals surface area contributed by atoms with E-state index >= 15 is 0 Å². The van der Waals surface area contributed by atoms with E-state index in [0.717, 1.165) is 24.2 Å². The average molecular weight is 606 g/mol. The highest BCUT2D eigenvalue weighted by Crippen LogP contribution is 2.13. The molecule has 0 saturated carbocycles. The molecule has 240 valence electrons. The van der Waals surface area contributed by atoms with Crippen LogP contribution < -0.4 is 0 Å². The standard InChI is InChI=1S/C8H10O2.C8H10O.C8H10.C8H8.C3H6O.C3H6.O2.H2/c1-7(10-9)8-5-3-2-4-6-8;1-7(9)8-5-3-2-4-6-8;2*1-2-8-6-4-3-5-7-8;1-3-2-4-3;1-3-2;1-2;/h2-7,9H,1H3;2-7,9H,1H3;3-7H,2H2,1H3;2-7H,1H2;3H,2H2,1H3;3H,1H2,2H3;;1H/i;;;;;;;1+1. The molecule has 0 bridgehead atoms. The fraction of sp³-hybridized carbons (Fsp3) is 0.263. The van der Waals surface area contributed by atoms with Crippen LogP contribution in [0.5, 0.6) is 0 Å². The third-order valence-electron chi connectivity index (χ3n) is 5.50. The van der Waals surface area contributed by atoms with Gasteiger partial charge in [0, 0.05) is 11.4 Å². The number of hydrogen-bond donors (Lipinski definition) is 2. The summed E-state index contributed by atoms with van der Waals surface area (Å²) in [5, 5.41) is 17.3. The van der Waals surface area contributed by atoms with Gasteiger partial charge in [-0.25, -0.2) is 4.89 Å². The number of benzene rings is 4. The van der Waals surface area contributed by atoms with Gasteiger partial charge in [0.2, 0.25) is 0 Å². The lowest BCUT2D eigenvalue weighted by molar-refractivity contribution is -0.277. The summed E-state index contributed by atoms with van der Waals surface area (Å²) in [6.07, 6.45) is 4.73. The normalized spacial score (nSPS) is 12.8. The average Bonchev–Trinajstić information content (AvgIpc) is 3.90. The molecule has 4 aromatic carbocycles. The molecule has 6 heteroatoms. The zero-order chi connectivity index (χ0) is 33.4. The number of rotatable bonds is 5. The molecule has 44 heavy (non-hydrogen) atoms. The fourth-order valence-corrected chi connectivity index (χ4v) is 2.92. The molecule has 3 unspecified atom stereocenters. The van der Waals surface area contributed by atoms with E-state index in [4.69, 9.17) is 25.0 Å². The largest absolute Gasteiger partial charge is 0.389 e. The number of epoxide rings is 1. The van der Waals surface area contributed by atoms with Crippen molar-refractivity contribution in [3.8, 4) is 0 Å². The van der Waals surface area contributed by atoms with Crippen molar-refractivity contribution in [3.05, 3.63) is 173 Å². The highest BCUT2D eigenvalue weighted by molar-refractivity contribution is 5.45. The highest BCUT2D eigenvalue weighted by Gasteiger charge is 2.13. The van der Waals surface area contributed by atoms with Gasteiger partial charge in [-0.2, -0.15) is 0 Å². The van der Waals surface area contributed by atoms with Gasteiger partial charge in [0.05, 0.1) is 18.8 Å². The molecule has 6 nitrogen and oxygen atoms in total. The van der Waals surface area contributed by atoms with Crippen LogP contribution in [0.4, 0.5) is 0 Å². The van der Waals surface area contributed by atoms with Crippen molar-refractivity contribution in [3.63, 3.8) is 0 Å². The van der Waals surface area contributed by atoms with E-state index in [9.17, 15) is 0 Å². The summed E-state index contributed by atoms with van der Waals surface area (Å²) in [6, 6.07) is 39.6. The lowest BCUT2D eigenvalue weighted by atomic mass is 10.1. The Kier molecular flexibility index (Phi) is 28.8. The number of ether oxygens (including phenoxy) is 1. The van der Waals surface area contributed by atoms with Crippen molar-refractivity contribution in [1.82, 2.24) is 0 Å². The molecular weight excluding hydrogens is 552 g/mol. The summed E-state index contributed by atoms with van der Waals surface area (Å²) >= 11 is 0. The molecule has 3 atom stereocenters. The van der Waals surface area contributed by atoms with Crippen molar-refractivity contribution in [1.29, 1.82) is 0 Å². The molecule has 1 heterocycles. The fourth-order valence-electron chi connectivity index (χ4n) is 2.92. The Hall–Kier alpha value is -4.20. The lowest BCUT2D eigenvalue weighted by Crippen LogP contribution is -1.94. The first-order valence-electron chi connectivity index (χ1n) is 14.5. The summed E-state index contributed by atoms with van der Waals surface area (Å²) < 4.78 is 4.71. The molecule has 1 fully saturated rings. The maximum absolute atomic E-state index is 9.02. The second-order valence-electron chi connectivity index (χ2n) is 9.25. The van der Waals surface area contributed by atoms with E-state index < -0.39 is 0 Å². The molecule has 5 rings (SSSR count). The number of aliphatic hydroxyl groups excluding tert-OH is 1. The van der Waals surface area contributed by atoms with Crippen molar-refractivity contribution in [2.45, 2.75) is 59.4 Å². The van der Waals surface area contributed by atoms with Gasteiger partial charge in [0.15, 0.2) is 0 Å². The minimum atomic E-state index is -0.341. The Morgan fingerprint density at radius 1 is 0.818 bits per heavy atom. The second-order valence-corrected chi connectivity index (χ2v) is 9.25. The zero-order valence-electron chi connectivity index (χ0n) is 26.8. The van der Waals surface area contributed by atoms with Crippen molar-refractivity contribution in [2.24, 2.45) is 0 Å². The highest BCUT2D eigenvalue weighted by atomic mass is 17.1. The van der Waals surface area contributed by atoms with E-state index in [-0.39, 0.29) is 13.6 Å². The van der Waals surface area contributed by atoms with Crippen LogP contribution in [0.1, 0.15) is 70.5 Å². The van der Waals surface area contributed by atoms with E-state index in [0.29, 0.717) is 6.10 Å². The van der Waals surface area contributed by atoms with Crippen LogP contribution in [-0.4, -0.2) is 23.1 Å². The second kappa shape index (κ2) is 30.3. The zero-order valence-corrected chi connectivity index (χ0v) is 26.8. The minimum Gasteiger partial charge on any atom is -0.389 e. The molecule has 1 saturated heterocycles. The number of hydrogen-bond acceptors (Lipinski definition) is 6. The quantitative estimate of drug-likeness (QED) is 0.102. The topological polar surface area (TPSA) is 96.4 Å². The smallest absolute Gasteiger partial charge is 0.115 e. The molecule has 0 radical (unpaired) electrons. The van der Waals surface area contributed by atoms with E-state index in [1.165, 1.54) is 11.1 Å². The molecule has 0 amide bonds. The molecule has 1 aliphatic rings. The number of allylic oxidation sites excluding steroid dienone is 1. The molecule has 2 N–H and O–H groups in total. The van der Waals surface area contributed by atoms with Crippen molar-refractivity contribution in [2.75, 3.05) is 6.61 Å². The van der Waals surface area contributed by atoms with Crippen LogP contribution in [-0.2, 0) is 16.0 Å². The predicted octanol–water partition coefficient (Wildman–Crippen LogP) is 10.5. The first kappa shape index (κ1) is 41.9. The van der Waals surface area contributed by atoms with Crippen LogP contribution in [0, 0.1) is 9.93 Å². The SMILES string of the molecule is C=CC.C=Cc1ccccc1.CC(O)c1ccccc1.CC(OO)c1ccccc1.CC1CO1.CCc1ccccc1.O=O.[2HH]. The van der Waals surface area contributed by atoms with Gasteiger partial charge < -0.3 is 9.84 Å². The summed E-state index contributed by atoms with van der Waals surface area (Å²) in [6.45, 7) is 17.6. The van der Waals surface area contributed by atoms with Gasteiger partial charge in [0.1, 0.15) is 6.10 Å². The molecule has 0 spiro atoms. The lowest BCUT2D eigenvalue weighted by Gasteiger charge is -2.05. The maximum Gasteiger partial charge on any atom is 0.115 e. The third-order valence-corrected chi connectivity index (χ3v) is 5.50. The van der Waals surface area contributed by atoms with Crippen LogP contribution in [0.25, 0.3) is 6.08 Å². The Morgan fingerprint density at radius 3 is 1.39 bits per heavy atom. The molecule has 0 aromatic heterocycles. The summed E-state index contributed by atoms with van der Waals surface area (Å²) in [4.78, 5) is 18.1. The van der Waals surface area contributed by atoms with Gasteiger partial charge in [0.25, 0.3) is 0 Å². The Labute approximate surface area is 266 Å². The summed E-state index contributed by atoms with van der Waals surface area (Å²) in [7, 11) is 0. The Balaban J connectivity index is -0.000000477. The van der Waals surface area contributed by atoms with Crippen LogP contribution in [0.15, 0.2) is 141 Å². The number of aliphatic hydroxyl groups is 1. The monoisotopic (exact) mass is 605 g/mol. The van der Waals surface area contributed by atoms with Crippen molar-refractivity contribution < 1.29 is 21.4 Å². The predicted molar refractivity (Wildman–Crippen MR) is 188 cm³/mol. The molecule has 4 aromatic rings. The van der Waals surface area contributed by atoms with Crippen LogP contribution >= 0.6 is 0 Å². The van der Waals surface area contributed by atoms with Crippen molar-refractivity contribution >= 4 is 6.08 Å². The summed E-state index contributed by atoms with van der Waals surface area (Å²) in [5.74, 6) is 0.